The molecule has 1 amide bonds. The number of rotatable bonds is 9. The van der Waals surface area contributed by atoms with Crippen molar-refractivity contribution in [2.75, 3.05) is 6.54 Å². The first-order valence-electron chi connectivity index (χ1n) is 12.6. The van der Waals surface area contributed by atoms with E-state index < -0.39 is 0 Å². The van der Waals surface area contributed by atoms with E-state index in [1.807, 2.05) is 36.4 Å². The van der Waals surface area contributed by atoms with E-state index in [9.17, 15) is 4.79 Å². The number of carbonyl (C=O) groups excluding carboxylic acids is 1. The lowest BCUT2D eigenvalue weighted by atomic mass is 9.88. The average Bonchev–Trinajstić information content (AvgIpc) is 3.27. The Labute approximate surface area is 222 Å². The van der Waals surface area contributed by atoms with Gasteiger partial charge in [-0.05, 0) is 53.9 Å². The summed E-state index contributed by atoms with van der Waals surface area (Å²) in [6.07, 6.45) is 5.02. The van der Waals surface area contributed by atoms with Gasteiger partial charge in [0.2, 0.25) is 5.91 Å². The Morgan fingerprint density at radius 3 is 2.57 bits per heavy atom. The number of aromatic nitrogens is 2. The van der Waals surface area contributed by atoms with Crippen LogP contribution in [0.4, 0.5) is 0 Å². The van der Waals surface area contributed by atoms with E-state index in [-0.39, 0.29) is 11.8 Å². The summed E-state index contributed by atoms with van der Waals surface area (Å²) in [5.74, 6) is -0.117. The molecular weight excluding hydrogens is 478 g/mol. The molecule has 1 N–H and O–H groups in total. The Bertz CT molecular complexity index is 1490. The molecule has 1 atom stereocenters. The van der Waals surface area contributed by atoms with Crippen LogP contribution in [0.15, 0.2) is 103 Å². The number of fused-ring (bicyclic) bond motifs is 1. The number of para-hydroxylation sites is 1. The summed E-state index contributed by atoms with van der Waals surface area (Å²) in [4.78, 5) is 17.5. The van der Waals surface area contributed by atoms with Gasteiger partial charge in [0.25, 0.3) is 0 Å². The van der Waals surface area contributed by atoms with Gasteiger partial charge in [-0.25, -0.2) is 0 Å². The maximum Gasteiger partial charge on any atom is 0.220 e. The second-order valence-corrected chi connectivity index (χ2v) is 9.88. The second kappa shape index (κ2) is 11.4. The average molecular weight is 508 g/mol. The van der Waals surface area contributed by atoms with Gasteiger partial charge in [-0.2, -0.15) is 0 Å². The van der Waals surface area contributed by atoms with E-state index in [0.29, 0.717) is 24.4 Å². The van der Waals surface area contributed by atoms with Gasteiger partial charge in [-0.15, -0.1) is 0 Å². The monoisotopic (exact) mass is 507 g/mol. The summed E-state index contributed by atoms with van der Waals surface area (Å²) < 4.78 is 2.28. The van der Waals surface area contributed by atoms with Crippen LogP contribution in [-0.2, 0) is 17.8 Å². The van der Waals surface area contributed by atoms with Crippen LogP contribution in [0.5, 0.6) is 0 Å². The maximum atomic E-state index is 13.2. The van der Waals surface area contributed by atoms with Gasteiger partial charge >= 0.3 is 0 Å². The van der Waals surface area contributed by atoms with E-state index in [4.69, 9.17) is 11.6 Å². The Balaban J connectivity index is 1.44. The third kappa shape index (κ3) is 6.10. The predicted molar refractivity (Wildman–Crippen MR) is 151 cm³/mol. The highest BCUT2D eigenvalue weighted by molar-refractivity contribution is 6.30. The number of benzene rings is 3. The van der Waals surface area contributed by atoms with Crippen LogP contribution in [0.1, 0.15) is 40.3 Å². The minimum absolute atomic E-state index is 0.0104. The van der Waals surface area contributed by atoms with Crippen molar-refractivity contribution in [3.05, 3.63) is 136 Å². The molecule has 3 aromatic carbocycles. The van der Waals surface area contributed by atoms with Gasteiger partial charge < -0.3 is 9.88 Å². The molecule has 5 heteroatoms. The van der Waals surface area contributed by atoms with E-state index in [1.165, 1.54) is 11.1 Å². The predicted octanol–water partition coefficient (Wildman–Crippen LogP) is 6.93. The highest BCUT2D eigenvalue weighted by atomic mass is 35.5. The molecule has 37 heavy (non-hydrogen) atoms. The molecular formula is C32H30ClN3O. The van der Waals surface area contributed by atoms with Crippen molar-refractivity contribution in [1.29, 1.82) is 0 Å². The van der Waals surface area contributed by atoms with E-state index in [0.717, 1.165) is 34.3 Å². The van der Waals surface area contributed by atoms with Crippen LogP contribution >= 0.6 is 11.6 Å². The van der Waals surface area contributed by atoms with Crippen LogP contribution in [0, 0.1) is 6.92 Å². The molecule has 0 saturated heterocycles. The van der Waals surface area contributed by atoms with Crippen molar-refractivity contribution in [1.82, 2.24) is 14.9 Å². The quantitative estimate of drug-likeness (QED) is 0.235. The Morgan fingerprint density at radius 1 is 0.973 bits per heavy atom. The number of nitrogens with zero attached hydrogens (tertiary/aromatic N) is 2. The molecule has 5 rings (SSSR count). The van der Waals surface area contributed by atoms with Crippen molar-refractivity contribution in [3.63, 3.8) is 0 Å². The van der Waals surface area contributed by atoms with Gasteiger partial charge in [0.05, 0.1) is 0 Å². The number of halogens is 1. The van der Waals surface area contributed by atoms with Crippen molar-refractivity contribution in [2.45, 2.75) is 32.2 Å². The van der Waals surface area contributed by atoms with Crippen LogP contribution in [0.3, 0.4) is 0 Å². The summed E-state index contributed by atoms with van der Waals surface area (Å²) in [5.41, 5.74) is 6.77. The van der Waals surface area contributed by atoms with E-state index >= 15 is 0 Å². The maximum absolute atomic E-state index is 13.2. The normalized spacial score (nSPS) is 11.9. The topological polar surface area (TPSA) is 46.9 Å². The lowest BCUT2D eigenvalue weighted by Crippen LogP contribution is -2.27. The van der Waals surface area contributed by atoms with Gasteiger partial charge in [0, 0.05) is 65.9 Å². The molecule has 0 bridgehead atoms. The molecule has 5 aromatic rings. The molecule has 0 aliphatic carbocycles. The number of pyridine rings is 1. The summed E-state index contributed by atoms with van der Waals surface area (Å²) >= 11 is 6.40. The third-order valence-corrected chi connectivity index (χ3v) is 6.97. The highest BCUT2D eigenvalue weighted by Crippen LogP contribution is 2.36. The fourth-order valence-electron chi connectivity index (χ4n) is 4.84. The minimum Gasteiger partial charge on any atom is -0.356 e. The molecule has 2 heterocycles. The van der Waals surface area contributed by atoms with Crippen molar-refractivity contribution < 1.29 is 4.79 Å². The van der Waals surface area contributed by atoms with Crippen LogP contribution in [0.25, 0.3) is 10.9 Å². The lowest BCUT2D eigenvalue weighted by Gasteiger charge is -2.18. The van der Waals surface area contributed by atoms with Gasteiger partial charge in [0.15, 0.2) is 0 Å². The Hall–Kier alpha value is -3.89. The number of carbonyl (C=O) groups is 1. The zero-order valence-electron chi connectivity index (χ0n) is 20.9. The molecule has 0 saturated carbocycles. The molecule has 186 valence electrons. The first-order chi connectivity index (χ1) is 18.1. The number of hydrogen-bond acceptors (Lipinski definition) is 2. The molecule has 0 fully saturated rings. The summed E-state index contributed by atoms with van der Waals surface area (Å²) in [6.45, 7) is 3.41. The summed E-state index contributed by atoms with van der Waals surface area (Å²) in [5, 5.41) is 4.92. The van der Waals surface area contributed by atoms with Crippen LogP contribution in [-0.4, -0.2) is 22.0 Å². The van der Waals surface area contributed by atoms with Gasteiger partial charge in [-0.1, -0.05) is 77.8 Å². The third-order valence-electron chi connectivity index (χ3n) is 6.74. The molecule has 0 aliphatic rings. The van der Waals surface area contributed by atoms with Crippen molar-refractivity contribution in [2.24, 2.45) is 0 Å². The fourth-order valence-corrected chi connectivity index (χ4v) is 5.04. The first kappa shape index (κ1) is 24.8. The standard InChI is InChI=1S/C32H30ClN3O/c1-23-12-14-24(15-13-23)21-36-22-30(28-10-2-3-11-31(28)36)29(25-7-6-8-26(33)19-25)20-32(37)35-18-16-27-9-4-5-17-34-27/h2-15,17,19,22,29H,16,18,20-21H2,1H3,(H,35,37). The number of nitrogens with one attached hydrogen (secondary N) is 1. The SMILES string of the molecule is Cc1ccc(Cn2cc(C(CC(=O)NCCc3ccccn3)c3cccc(Cl)c3)c3ccccc32)cc1. The molecule has 0 radical (unpaired) electrons. The second-order valence-electron chi connectivity index (χ2n) is 9.45. The molecule has 0 spiro atoms. The van der Waals surface area contributed by atoms with Crippen LogP contribution < -0.4 is 5.32 Å². The van der Waals surface area contributed by atoms with Crippen molar-refractivity contribution in [3.8, 4) is 0 Å². The molecule has 1 unspecified atom stereocenters. The number of aryl methyl sites for hydroxylation is 1. The minimum atomic E-state index is -0.127. The zero-order valence-corrected chi connectivity index (χ0v) is 21.7. The Morgan fingerprint density at radius 2 is 1.78 bits per heavy atom. The van der Waals surface area contributed by atoms with Gasteiger partial charge in [0.1, 0.15) is 0 Å². The zero-order chi connectivity index (χ0) is 25.6. The smallest absolute Gasteiger partial charge is 0.220 e. The summed E-state index contributed by atoms with van der Waals surface area (Å²) in [6, 6.07) is 30.7. The molecule has 0 aliphatic heterocycles. The number of hydrogen-bond donors (Lipinski definition) is 1. The number of amides is 1. The van der Waals surface area contributed by atoms with Gasteiger partial charge in [-0.3, -0.25) is 9.78 Å². The molecule has 2 aromatic heterocycles. The fraction of sp³-hybridized carbons (Fsp3) is 0.188. The Kier molecular flexibility index (Phi) is 7.67. The van der Waals surface area contributed by atoms with E-state index in [1.54, 1.807) is 6.20 Å². The summed E-state index contributed by atoms with van der Waals surface area (Å²) in [7, 11) is 0. The van der Waals surface area contributed by atoms with Crippen LogP contribution in [0.2, 0.25) is 5.02 Å². The first-order valence-corrected chi connectivity index (χ1v) is 13.0. The van der Waals surface area contributed by atoms with E-state index in [2.05, 4.69) is 82.6 Å². The largest absolute Gasteiger partial charge is 0.356 e. The highest BCUT2D eigenvalue weighted by Gasteiger charge is 2.23. The molecule has 4 nitrogen and oxygen atoms in total. The lowest BCUT2D eigenvalue weighted by molar-refractivity contribution is -0.121. The van der Waals surface area contributed by atoms with Crippen molar-refractivity contribution >= 4 is 28.4 Å².